The van der Waals surface area contributed by atoms with Crippen molar-refractivity contribution < 1.29 is 13.6 Å². The molecular formula is C17H22Cl2F2N2O. The van der Waals surface area contributed by atoms with Gasteiger partial charge in [0.1, 0.15) is 10.3 Å². The number of rotatable bonds is 6. The third-order valence-electron chi connectivity index (χ3n) is 4.59. The van der Waals surface area contributed by atoms with E-state index in [9.17, 15) is 13.6 Å². The number of carbonyl (C=O) groups excluding carboxylic acids is 1. The predicted octanol–water partition coefficient (Wildman–Crippen LogP) is 5.20. The van der Waals surface area contributed by atoms with Crippen LogP contribution < -0.4 is 5.32 Å². The summed E-state index contributed by atoms with van der Waals surface area (Å²) in [5.74, 6) is -4.02. The van der Waals surface area contributed by atoms with Crippen LogP contribution in [0.5, 0.6) is 0 Å². The Morgan fingerprint density at radius 3 is 2.38 bits per heavy atom. The number of hydrogen-bond donors (Lipinski definition) is 1. The van der Waals surface area contributed by atoms with E-state index in [1.165, 1.54) is 0 Å². The van der Waals surface area contributed by atoms with E-state index in [2.05, 4.69) is 17.2 Å². The lowest BCUT2D eigenvalue weighted by Crippen LogP contribution is -2.36. The number of aromatic nitrogens is 1. The molecule has 0 atom stereocenters. The first-order chi connectivity index (χ1) is 11.3. The minimum Gasteiger partial charge on any atom is -0.356 e. The highest BCUT2D eigenvalue weighted by atomic mass is 35.5. The molecule has 7 heteroatoms. The van der Waals surface area contributed by atoms with Crippen molar-refractivity contribution in [2.75, 3.05) is 6.54 Å². The van der Waals surface area contributed by atoms with Crippen molar-refractivity contribution in [1.29, 1.82) is 0 Å². The summed E-state index contributed by atoms with van der Waals surface area (Å²) in [4.78, 5) is 15.8. The number of alkyl halides is 2. The molecule has 1 aliphatic rings. The number of nitrogens with zero attached hydrogens (tertiary/aromatic N) is 1. The van der Waals surface area contributed by atoms with E-state index in [-0.39, 0.29) is 27.7 Å². The first-order valence-corrected chi connectivity index (χ1v) is 9.09. The number of carbonyl (C=O) groups is 1. The fourth-order valence-electron chi connectivity index (χ4n) is 3.14. The molecule has 1 aromatic heterocycles. The van der Waals surface area contributed by atoms with Crippen LogP contribution in [-0.2, 0) is 10.7 Å². The molecule has 134 valence electrons. The summed E-state index contributed by atoms with van der Waals surface area (Å²) in [6.45, 7) is 2.70. The zero-order valence-corrected chi connectivity index (χ0v) is 15.1. The van der Waals surface area contributed by atoms with Crippen LogP contribution in [0.4, 0.5) is 8.78 Å². The van der Waals surface area contributed by atoms with Gasteiger partial charge in [-0.3, -0.25) is 4.79 Å². The van der Waals surface area contributed by atoms with Crippen molar-refractivity contribution in [3.05, 3.63) is 28.0 Å². The van der Waals surface area contributed by atoms with Gasteiger partial charge in [0, 0.05) is 23.9 Å². The maximum Gasteiger partial charge on any atom is 0.276 e. The Balaban J connectivity index is 1.96. The molecule has 2 rings (SSSR count). The van der Waals surface area contributed by atoms with Crippen molar-refractivity contribution in [2.45, 2.75) is 51.4 Å². The smallest absolute Gasteiger partial charge is 0.276 e. The summed E-state index contributed by atoms with van der Waals surface area (Å²) in [6, 6.07) is 2.33. The van der Waals surface area contributed by atoms with Crippen LogP contribution in [0.2, 0.25) is 10.3 Å². The highest BCUT2D eigenvalue weighted by Crippen LogP contribution is 2.45. The molecule has 1 saturated carbocycles. The number of nitrogens with one attached hydrogen (secondary N) is 1. The average molecular weight is 379 g/mol. The lowest BCUT2D eigenvalue weighted by Gasteiger charge is -2.33. The molecule has 0 bridgehead atoms. The summed E-state index contributed by atoms with van der Waals surface area (Å²) in [7, 11) is 0. The van der Waals surface area contributed by atoms with E-state index < -0.39 is 11.8 Å². The topological polar surface area (TPSA) is 42.0 Å². The van der Waals surface area contributed by atoms with Crippen molar-refractivity contribution in [2.24, 2.45) is 11.8 Å². The average Bonchev–Trinajstić information content (AvgIpc) is 2.54. The molecule has 1 N–H and O–H groups in total. The van der Waals surface area contributed by atoms with E-state index in [4.69, 9.17) is 23.2 Å². The zero-order valence-electron chi connectivity index (χ0n) is 13.6. The highest BCUT2D eigenvalue weighted by Gasteiger charge is 2.44. The molecule has 0 aromatic carbocycles. The lowest BCUT2D eigenvalue weighted by atomic mass is 9.77. The first-order valence-electron chi connectivity index (χ1n) is 8.33. The molecular weight excluding hydrogens is 357 g/mol. The predicted molar refractivity (Wildman–Crippen MR) is 91.5 cm³/mol. The molecule has 0 unspecified atom stereocenters. The number of amides is 1. The van der Waals surface area contributed by atoms with Crippen LogP contribution in [0.15, 0.2) is 12.1 Å². The maximum absolute atomic E-state index is 14.7. The molecule has 1 fully saturated rings. The zero-order chi connectivity index (χ0) is 17.7. The van der Waals surface area contributed by atoms with E-state index in [1.54, 1.807) is 0 Å². The second-order valence-electron chi connectivity index (χ2n) is 6.32. The van der Waals surface area contributed by atoms with Crippen molar-refractivity contribution in [3.63, 3.8) is 0 Å². The van der Waals surface area contributed by atoms with Crippen LogP contribution in [0.3, 0.4) is 0 Å². The van der Waals surface area contributed by atoms with Gasteiger partial charge in [-0.25, -0.2) is 13.8 Å². The van der Waals surface area contributed by atoms with Crippen LogP contribution in [0.25, 0.3) is 0 Å². The van der Waals surface area contributed by atoms with Gasteiger partial charge in [-0.15, -0.1) is 0 Å². The van der Waals surface area contributed by atoms with Crippen molar-refractivity contribution in [1.82, 2.24) is 10.3 Å². The number of hydrogen-bond acceptors (Lipinski definition) is 2. The van der Waals surface area contributed by atoms with Gasteiger partial charge in [0.05, 0.1) is 0 Å². The molecule has 1 aromatic rings. The second-order valence-corrected chi connectivity index (χ2v) is 7.09. The van der Waals surface area contributed by atoms with Crippen LogP contribution in [-0.4, -0.2) is 17.4 Å². The standard InChI is InChI=1S/C17H22Cl2F2N2O/c1-2-3-8-22-16(24)11-4-6-12(7-5-11)17(20,21)13-9-14(18)23-15(19)10-13/h9-12H,2-8H2,1H3,(H,22,24). The van der Waals surface area contributed by atoms with Crippen LogP contribution in [0.1, 0.15) is 51.0 Å². The largest absolute Gasteiger partial charge is 0.356 e. The molecule has 1 amide bonds. The molecule has 1 heterocycles. The molecule has 0 spiro atoms. The van der Waals surface area contributed by atoms with Gasteiger partial charge in [-0.05, 0) is 44.2 Å². The SMILES string of the molecule is CCCCNC(=O)C1CCC(C(F)(F)c2cc(Cl)nc(Cl)c2)CC1. The summed E-state index contributed by atoms with van der Waals surface area (Å²) < 4.78 is 29.5. The fourth-order valence-corrected chi connectivity index (χ4v) is 3.60. The molecule has 0 aliphatic heterocycles. The summed E-state index contributed by atoms with van der Waals surface area (Å²) >= 11 is 11.5. The Hall–Kier alpha value is -0.940. The van der Waals surface area contributed by atoms with Gasteiger partial charge in [0.15, 0.2) is 0 Å². The number of halogens is 4. The summed E-state index contributed by atoms with van der Waals surface area (Å²) in [5, 5.41) is 2.80. The van der Waals surface area contributed by atoms with E-state index >= 15 is 0 Å². The van der Waals surface area contributed by atoms with Crippen LogP contribution >= 0.6 is 23.2 Å². The summed E-state index contributed by atoms with van der Waals surface area (Å²) in [6.07, 6.45) is 3.50. The van der Waals surface area contributed by atoms with Gasteiger partial charge in [0.25, 0.3) is 5.92 Å². The third kappa shape index (κ3) is 4.79. The Labute approximate surface area is 151 Å². The molecule has 0 radical (unpaired) electrons. The number of pyridine rings is 1. The Kier molecular flexibility index (Phi) is 6.81. The monoisotopic (exact) mass is 378 g/mol. The summed E-state index contributed by atoms with van der Waals surface area (Å²) in [5.41, 5.74) is -0.205. The molecule has 3 nitrogen and oxygen atoms in total. The van der Waals surface area contributed by atoms with Gasteiger partial charge in [0.2, 0.25) is 5.91 Å². The van der Waals surface area contributed by atoms with Crippen LogP contribution in [0, 0.1) is 11.8 Å². The van der Waals surface area contributed by atoms with E-state index in [0.717, 1.165) is 25.0 Å². The van der Waals surface area contributed by atoms with Crippen molar-refractivity contribution >= 4 is 29.1 Å². The maximum atomic E-state index is 14.7. The highest BCUT2D eigenvalue weighted by molar-refractivity contribution is 6.32. The minimum atomic E-state index is -3.03. The number of unbranched alkanes of at least 4 members (excludes halogenated alkanes) is 1. The Morgan fingerprint density at radius 2 is 1.83 bits per heavy atom. The van der Waals surface area contributed by atoms with Crippen molar-refractivity contribution in [3.8, 4) is 0 Å². The Bertz CT molecular complexity index is 555. The molecule has 24 heavy (non-hydrogen) atoms. The van der Waals surface area contributed by atoms with Gasteiger partial charge < -0.3 is 5.32 Å². The van der Waals surface area contributed by atoms with E-state index in [0.29, 0.717) is 32.2 Å². The first kappa shape index (κ1) is 19.4. The lowest BCUT2D eigenvalue weighted by molar-refractivity contribution is -0.129. The van der Waals surface area contributed by atoms with Gasteiger partial charge in [-0.2, -0.15) is 0 Å². The second kappa shape index (κ2) is 8.43. The molecule has 1 aliphatic carbocycles. The fraction of sp³-hybridized carbons (Fsp3) is 0.647. The van der Waals surface area contributed by atoms with Gasteiger partial charge in [-0.1, -0.05) is 36.5 Å². The third-order valence-corrected chi connectivity index (χ3v) is 4.98. The Morgan fingerprint density at radius 1 is 1.25 bits per heavy atom. The minimum absolute atomic E-state index is 0.0137. The quantitative estimate of drug-likeness (QED) is 0.545. The van der Waals surface area contributed by atoms with E-state index in [1.807, 2.05) is 0 Å². The van der Waals surface area contributed by atoms with Gasteiger partial charge >= 0.3 is 0 Å². The normalized spacial score (nSPS) is 21.5. The molecule has 0 saturated heterocycles.